The van der Waals surface area contributed by atoms with Crippen LogP contribution in [0.3, 0.4) is 0 Å². The average molecular weight is 181 g/mol. The molecule has 4 heteroatoms. The lowest BCUT2D eigenvalue weighted by Gasteiger charge is -2.20. The zero-order chi connectivity index (χ0) is 9.10. The van der Waals surface area contributed by atoms with Crippen molar-refractivity contribution in [1.29, 1.82) is 0 Å². The van der Waals surface area contributed by atoms with Gasteiger partial charge < -0.3 is 15.5 Å². The number of nitrogens with one attached hydrogen (secondary N) is 1. The normalized spacial score (nSPS) is 23.3. The summed E-state index contributed by atoms with van der Waals surface area (Å²) in [6.07, 6.45) is 4.20. The van der Waals surface area contributed by atoms with Gasteiger partial charge in [0.1, 0.15) is 5.82 Å². The van der Waals surface area contributed by atoms with Crippen LogP contribution in [0.5, 0.6) is 0 Å². The fourth-order valence-corrected chi connectivity index (χ4v) is 1.68. The van der Waals surface area contributed by atoms with E-state index in [1.807, 2.05) is 6.20 Å². The predicted molar refractivity (Wildman–Crippen MR) is 49.3 cm³/mol. The maximum atomic E-state index is 5.47. The van der Waals surface area contributed by atoms with Crippen molar-refractivity contribution in [3.05, 3.63) is 17.7 Å². The third-order valence-electron chi connectivity index (χ3n) is 2.44. The van der Waals surface area contributed by atoms with Gasteiger partial charge in [-0.25, -0.2) is 4.98 Å². The Balaban J connectivity index is 2.05. The summed E-state index contributed by atoms with van der Waals surface area (Å²) in [7, 11) is 0. The van der Waals surface area contributed by atoms with Crippen LogP contribution in [0.4, 0.5) is 0 Å². The third kappa shape index (κ3) is 1.89. The van der Waals surface area contributed by atoms with Crippen molar-refractivity contribution < 1.29 is 4.74 Å². The maximum Gasteiger partial charge on any atom is 0.120 e. The average Bonchev–Trinajstić information content (AvgIpc) is 2.67. The standard InChI is InChI=1S/C9H15N3O/c10-4-9-11-5-8(12-9)7-2-1-3-13-6-7/h5,7H,1-4,6,10H2,(H,11,12). The molecule has 0 bridgehead atoms. The van der Waals surface area contributed by atoms with Crippen LogP contribution in [0.2, 0.25) is 0 Å². The first kappa shape index (κ1) is 8.72. The van der Waals surface area contributed by atoms with Gasteiger partial charge in [0.05, 0.1) is 13.2 Å². The summed E-state index contributed by atoms with van der Waals surface area (Å²) in [5.41, 5.74) is 6.63. The Morgan fingerprint density at radius 3 is 3.23 bits per heavy atom. The van der Waals surface area contributed by atoms with E-state index in [2.05, 4.69) is 9.97 Å². The van der Waals surface area contributed by atoms with E-state index in [4.69, 9.17) is 10.5 Å². The minimum Gasteiger partial charge on any atom is -0.381 e. The van der Waals surface area contributed by atoms with E-state index in [9.17, 15) is 0 Å². The summed E-state index contributed by atoms with van der Waals surface area (Å²) < 4.78 is 5.40. The Labute approximate surface area is 77.5 Å². The van der Waals surface area contributed by atoms with Gasteiger partial charge in [-0.05, 0) is 12.8 Å². The van der Waals surface area contributed by atoms with Gasteiger partial charge in [0, 0.05) is 24.4 Å². The lowest BCUT2D eigenvalue weighted by Crippen LogP contribution is -2.15. The zero-order valence-electron chi connectivity index (χ0n) is 7.62. The molecule has 0 aromatic carbocycles. The fraction of sp³-hybridized carbons (Fsp3) is 0.667. The smallest absolute Gasteiger partial charge is 0.120 e. The number of rotatable bonds is 2. The van der Waals surface area contributed by atoms with Gasteiger partial charge in [-0.3, -0.25) is 0 Å². The zero-order valence-corrected chi connectivity index (χ0v) is 7.62. The molecule has 2 rings (SSSR count). The SMILES string of the molecule is NCc1ncc(C2CCCOC2)[nH]1. The molecule has 0 aliphatic carbocycles. The summed E-state index contributed by atoms with van der Waals surface area (Å²) >= 11 is 0. The highest BCUT2D eigenvalue weighted by Crippen LogP contribution is 2.23. The first-order valence-corrected chi connectivity index (χ1v) is 4.71. The topological polar surface area (TPSA) is 63.9 Å². The van der Waals surface area contributed by atoms with E-state index in [0.717, 1.165) is 25.5 Å². The molecule has 1 aromatic rings. The summed E-state index contributed by atoms with van der Waals surface area (Å²) in [6, 6.07) is 0. The van der Waals surface area contributed by atoms with Crippen molar-refractivity contribution >= 4 is 0 Å². The van der Waals surface area contributed by atoms with E-state index < -0.39 is 0 Å². The lowest BCUT2D eigenvalue weighted by atomic mass is 9.99. The number of nitrogens with two attached hydrogens (primary N) is 1. The molecule has 2 heterocycles. The molecule has 0 saturated carbocycles. The quantitative estimate of drug-likeness (QED) is 0.708. The Hall–Kier alpha value is -0.870. The van der Waals surface area contributed by atoms with Crippen LogP contribution in [-0.4, -0.2) is 23.2 Å². The van der Waals surface area contributed by atoms with E-state index in [1.165, 1.54) is 12.1 Å². The number of aromatic amines is 1. The summed E-state index contributed by atoms with van der Waals surface area (Å²) in [5, 5.41) is 0. The van der Waals surface area contributed by atoms with Crippen molar-refractivity contribution in [2.45, 2.75) is 25.3 Å². The largest absolute Gasteiger partial charge is 0.381 e. The van der Waals surface area contributed by atoms with Crippen molar-refractivity contribution in [2.24, 2.45) is 5.73 Å². The highest BCUT2D eigenvalue weighted by Gasteiger charge is 2.17. The van der Waals surface area contributed by atoms with E-state index in [-0.39, 0.29) is 0 Å². The van der Waals surface area contributed by atoms with E-state index >= 15 is 0 Å². The van der Waals surface area contributed by atoms with Crippen molar-refractivity contribution in [3.8, 4) is 0 Å². The molecule has 1 aromatic heterocycles. The Bertz CT molecular complexity index is 266. The van der Waals surface area contributed by atoms with Gasteiger partial charge in [-0.1, -0.05) is 0 Å². The molecule has 0 amide bonds. The number of aromatic nitrogens is 2. The van der Waals surface area contributed by atoms with Gasteiger partial charge in [0.2, 0.25) is 0 Å². The molecule has 1 atom stereocenters. The van der Waals surface area contributed by atoms with Crippen molar-refractivity contribution in [3.63, 3.8) is 0 Å². The summed E-state index contributed by atoms with van der Waals surface area (Å²) in [6.45, 7) is 2.19. The predicted octanol–water partition coefficient (Wildman–Crippen LogP) is 0.762. The van der Waals surface area contributed by atoms with Crippen LogP contribution in [-0.2, 0) is 11.3 Å². The van der Waals surface area contributed by atoms with Crippen LogP contribution in [0.15, 0.2) is 6.20 Å². The minimum absolute atomic E-state index is 0.480. The second kappa shape index (κ2) is 3.89. The molecule has 1 saturated heterocycles. The Kier molecular flexibility index (Phi) is 2.61. The number of nitrogens with zero attached hydrogens (tertiary/aromatic N) is 1. The van der Waals surface area contributed by atoms with Crippen molar-refractivity contribution in [1.82, 2.24) is 9.97 Å². The van der Waals surface area contributed by atoms with Gasteiger partial charge in [0.15, 0.2) is 0 Å². The number of hydrogen-bond acceptors (Lipinski definition) is 3. The molecule has 4 nitrogen and oxygen atoms in total. The number of ether oxygens (including phenoxy) is 1. The second-order valence-electron chi connectivity index (χ2n) is 3.40. The molecule has 13 heavy (non-hydrogen) atoms. The first-order chi connectivity index (χ1) is 6.40. The molecule has 1 aliphatic rings. The van der Waals surface area contributed by atoms with Gasteiger partial charge in [-0.2, -0.15) is 0 Å². The minimum atomic E-state index is 0.480. The van der Waals surface area contributed by atoms with Gasteiger partial charge in [0.25, 0.3) is 0 Å². The summed E-state index contributed by atoms with van der Waals surface area (Å²) in [4.78, 5) is 7.39. The second-order valence-corrected chi connectivity index (χ2v) is 3.40. The third-order valence-corrected chi connectivity index (χ3v) is 2.44. The van der Waals surface area contributed by atoms with Gasteiger partial charge in [-0.15, -0.1) is 0 Å². The number of H-pyrrole nitrogens is 1. The van der Waals surface area contributed by atoms with E-state index in [0.29, 0.717) is 12.5 Å². The molecule has 3 N–H and O–H groups in total. The molecular formula is C9H15N3O. The molecule has 0 spiro atoms. The van der Waals surface area contributed by atoms with E-state index in [1.54, 1.807) is 0 Å². The number of hydrogen-bond donors (Lipinski definition) is 2. The monoisotopic (exact) mass is 181 g/mol. The molecule has 1 unspecified atom stereocenters. The maximum absolute atomic E-state index is 5.47. The van der Waals surface area contributed by atoms with Crippen LogP contribution in [0.1, 0.15) is 30.3 Å². The van der Waals surface area contributed by atoms with Crippen molar-refractivity contribution in [2.75, 3.05) is 13.2 Å². The first-order valence-electron chi connectivity index (χ1n) is 4.71. The molecular weight excluding hydrogens is 166 g/mol. The Morgan fingerprint density at radius 2 is 2.62 bits per heavy atom. The fourth-order valence-electron chi connectivity index (χ4n) is 1.68. The highest BCUT2D eigenvalue weighted by molar-refractivity contribution is 5.08. The lowest BCUT2D eigenvalue weighted by molar-refractivity contribution is 0.0794. The van der Waals surface area contributed by atoms with Crippen LogP contribution in [0, 0.1) is 0 Å². The highest BCUT2D eigenvalue weighted by atomic mass is 16.5. The van der Waals surface area contributed by atoms with Crippen LogP contribution < -0.4 is 5.73 Å². The molecule has 72 valence electrons. The van der Waals surface area contributed by atoms with Gasteiger partial charge >= 0.3 is 0 Å². The molecule has 0 radical (unpaired) electrons. The summed E-state index contributed by atoms with van der Waals surface area (Å²) in [5.74, 6) is 1.35. The Morgan fingerprint density at radius 1 is 1.69 bits per heavy atom. The molecule has 1 fully saturated rings. The molecule has 1 aliphatic heterocycles. The van der Waals surface area contributed by atoms with Crippen LogP contribution in [0.25, 0.3) is 0 Å². The van der Waals surface area contributed by atoms with Crippen LogP contribution >= 0.6 is 0 Å². The number of imidazole rings is 1.